The second-order valence-electron chi connectivity index (χ2n) is 6.05. The average Bonchev–Trinajstić information content (AvgIpc) is 3.12. The van der Waals surface area contributed by atoms with E-state index in [0.717, 1.165) is 21.4 Å². The van der Waals surface area contributed by atoms with Crippen molar-refractivity contribution in [3.63, 3.8) is 0 Å². The molecule has 0 saturated carbocycles. The van der Waals surface area contributed by atoms with Gasteiger partial charge in [0, 0.05) is 18.3 Å². The number of carbonyl (C=O) groups excluding carboxylic acids is 2. The molecule has 1 amide bonds. The summed E-state index contributed by atoms with van der Waals surface area (Å²) in [5.74, 6) is 0.0739. The smallest absolute Gasteiger partial charge is 0.348 e. The maximum absolute atomic E-state index is 12.3. The molecule has 0 unspecified atom stereocenters. The van der Waals surface area contributed by atoms with E-state index < -0.39 is 5.97 Å². The standard InChI is InChI=1S/C21H21NO4S/c1-3-25-17-10-8-15(9-11-17)13-22(2)20(23)14-26-21(24)19-12-16-6-4-5-7-18(16)27-19/h4-12H,3,13-14H2,1-2H3. The fraction of sp³-hybridized carbons (Fsp3) is 0.238. The molecule has 140 valence electrons. The maximum Gasteiger partial charge on any atom is 0.348 e. The number of benzene rings is 2. The molecule has 0 saturated heterocycles. The normalized spacial score (nSPS) is 10.6. The Bertz CT molecular complexity index is 900. The lowest BCUT2D eigenvalue weighted by molar-refractivity contribution is -0.133. The van der Waals surface area contributed by atoms with Crippen molar-refractivity contribution in [2.24, 2.45) is 0 Å². The van der Waals surface area contributed by atoms with Gasteiger partial charge in [0.1, 0.15) is 10.6 Å². The van der Waals surface area contributed by atoms with E-state index in [4.69, 9.17) is 9.47 Å². The molecule has 0 aliphatic carbocycles. The minimum absolute atomic E-state index is 0.252. The van der Waals surface area contributed by atoms with Crippen LogP contribution in [0.15, 0.2) is 54.6 Å². The molecule has 0 atom stereocenters. The first kappa shape index (κ1) is 18.9. The molecule has 0 aliphatic rings. The number of ether oxygens (including phenoxy) is 2. The van der Waals surface area contributed by atoms with Gasteiger partial charge in [-0.2, -0.15) is 0 Å². The van der Waals surface area contributed by atoms with Gasteiger partial charge in [0.2, 0.25) is 0 Å². The lowest BCUT2D eigenvalue weighted by Gasteiger charge is -2.17. The topological polar surface area (TPSA) is 55.8 Å². The minimum Gasteiger partial charge on any atom is -0.494 e. The summed E-state index contributed by atoms with van der Waals surface area (Å²) in [5, 5.41) is 0.994. The van der Waals surface area contributed by atoms with Crippen molar-refractivity contribution < 1.29 is 19.1 Å². The molecule has 27 heavy (non-hydrogen) atoms. The van der Waals surface area contributed by atoms with E-state index in [1.165, 1.54) is 16.2 Å². The van der Waals surface area contributed by atoms with Crippen molar-refractivity contribution >= 4 is 33.3 Å². The first-order valence-corrected chi connectivity index (χ1v) is 9.50. The lowest BCUT2D eigenvalue weighted by atomic mass is 10.2. The van der Waals surface area contributed by atoms with E-state index >= 15 is 0 Å². The number of thiophene rings is 1. The SMILES string of the molecule is CCOc1ccc(CN(C)C(=O)COC(=O)c2cc3ccccc3s2)cc1. The van der Waals surface area contributed by atoms with Gasteiger partial charge in [-0.05, 0) is 42.1 Å². The van der Waals surface area contributed by atoms with Gasteiger partial charge in [-0.25, -0.2) is 4.79 Å². The first-order valence-electron chi connectivity index (χ1n) is 8.68. The highest BCUT2D eigenvalue weighted by Gasteiger charge is 2.16. The molecule has 1 aromatic heterocycles. The zero-order valence-corrected chi connectivity index (χ0v) is 16.1. The van der Waals surface area contributed by atoms with Crippen molar-refractivity contribution in [3.05, 3.63) is 65.0 Å². The third-order valence-corrected chi connectivity index (χ3v) is 5.13. The Morgan fingerprint density at radius 3 is 2.52 bits per heavy atom. The molecule has 0 spiro atoms. The number of likely N-dealkylation sites (N-methyl/N-ethyl adjacent to an activating group) is 1. The second kappa shape index (κ2) is 8.68. The average molecular weight is 383 g/mol. The van der Waals surface area contributed by atoms with Gasteiger partial charge in [-0.1, -0.05) is 30.3 Å². The lowest BCUT2D eigenvalue weighted by Crippen LogP contribution is -2.30. The van der Waals surface area contributed by atoms with E-state index in [1.807, 2.05) is 55.5 Å². The summed E-state index contributed by atoms with van der Waals surface area (Å²) in [7, 11) is 1.69. The fourth-order valence-electron chi connectivity index (χ4n) is 2.61. The number of hydrogen-bond acceptors (Lipinski definition) is 5. The van der Waals surface area contributed by atoms with Gasteiger partial charge < -0.3 is 14.4 Å². The maximum atomic E-state index is 12.3. The van der Waals surface area contributed by atoms with Crippen LogP contribution < -0.4 is 4.74 Å². The number of esters is 1. The van der Waals surface area contributed by atoms with Gasteiger partial charge in [0.25, 0.3) is 5.91 Å². The monoisotopic (exact) mass is 383 g/mol. The highest BCUT2D eigenvalue weighted by atomic mass is 32.1. The third-order valence-electron chi connectivity index (χ3n) is 4.03. The molecular formula is C21H21NO4S. The van der Waals surface area contributed by atoms with Gasteiger partial charge >= 0.3 is 5.97 Å². The van der Waals surface area contributed by atoms with Crippen molar-refractivity contribution in [1.82, 2.24) is 4.90 Å². The molecule has 3 rings (SSSR count). The van der Waals surface area contributed by atoms with Crippen molar-refractivity contribution in [2.75, 3.05) is 20.3 Å². The van der Waals surface area contributed by atoms with Crippen LogP contribution in [0.5, 0.6) is 5.75 Å². The van der Waals surface area contributed by atoms with Crippen molar-refractivity contribution in [1.29, 1.82) is 0 Å². The van der Waals surface area contributed by atoms with E-state index in [9.17, 15) is 9.59 Å². The quantitative estimate of drug-likeness (QED) is 0.576. The van der Waals surface area contributed by atoms with Gasteiger partial charge in [0.05, 0.1) is 6.61 Å². The number of rotatable bonds is 7. The molecular weight excluding hydrogens is 362 g/mol. The van der Waals surface area contributed by atoms with Gasteiger partial charge in [-0.3, -0.25) is 4.79 Å². The molecule has 1 heterocycles. The number of amides is 1. The van der Waals surface area contributed by atoms with Crippen molar-refractivity contribution in [2.45, 2.75) is 13.5 Å². The van der Waals surface area contributed by atoms with E-state index in [0.29, 0.717) is 18.0 Å². The van der Waals surface area contributed by atoms with Crippen LogP contribution in [0.25, 0.3) is 10.1 Å². The third kappa shape index (κ3) is 4.86. The summed E-state index contributed by atoms with van der Waals surface area (Å²) in [6, 6.07) is 17.1. The van der Waals surface area contributed by atoms with Crippen LogP contribution in [0.2, 0.25) is 0 Å². The molecule has 0 bridgehead atoms. The molecule has 0 radical (unpaired) electrons. The van der Waals surface area contributed by atoms with Crippen LogP contribution in [-0.2, 0) is 16.1 Å². The van der Waals surface area contributed by atoms with E-state index in [1.54, 1.807) is 13.1 Å². The molecule has 2 aromatic carbocycles. The molecule has 0 N–H and O–H groups in total. The highest BCUT2D eigenvalue weighted by molar-refractivity contribution is 7.20. The summed E-state index contributed by atoms with van der Waals surface area (Å²) in [5.41, 5.74) is 0.977. The fourth-order valence-corrected chi connectivity index (χ4v) is 3.57. The van der Waals surface area contributed by atoms with Crippen LogP contribution in [0.4, 0.5) is 0 Å². The predicted molar refractivity (Wildman–Crippen MR) is 106 cm³/mol. The Morgan fingerprint density at radius 1 is 1.07 bits per heavy atom. The van der Waals surface area contributed by atoms with Crippen molar-refractivity contribution in [3.8, 4) is 5.75 Å². The number of hydrogen-bond donors (Lipinski definition) is 0. The van der Waals surface area contributed by atoms with E-state index in [2.05, 4.69) is 0 Å². The van der Waals surface area contributed by atoms with Crippen LogP contribution in [0.1, 0.15) is 22.2 Å². The van der Waals surface area contributed by atoms with Crippen LogP contribution >= 0.6 is 11.3 Å². The Labute approximate surface area is 162 Å². The Kier molecular flexibility index (Phi) is 6.08. The molecule has 6 heteroatoms. The molecule has 5 nitrogen and oxygen atoms in total. The van der Waals surface area contributed by atoms with Crippen LogP contribution in [0, 0.1) is 0 Å². The largest absolute Gasteiger partial charge is 0.494 e. The summed E-state index contributed by atoms with van der Waals surface area (Å²) in [6.45, 7) is 2.70. The molecule has 3 aromatic rings. The van der Waals surface area contributed by atoms with Crippen LogP contribution in [0.3, 0.4) is 0 Å². The van der Waals surface area contributed by atoms with Gasteiger partial charge in [0.15, 0.2) is 6.61 Å². The summed E-state index contributed by atoms with van der Waals surface area (Å²) < 4.78 is 11.6. The Morgan fingerprint density at radius 2 is 1.81 bits per heavy atom. The predicted octanol–water partition coefficient (Wildman–Crippen LogP) is 4.12. The molecule has 0 fully saturated rings. The van der Waals surface area contributed by atoms with E-state index in [-0.39, 0.29) is 12.5 Å². The first-order chi connectivity index (χ1) is 13.1. The Hall–Kier alpha value is -2.86. The number of fused-ring (bicyclic) bond motifs is 1. The van der Waals surface area contributed by atoms with Crippen LogP contribution in [-0.4, -0.2) is 37.0 Å². The zero-order valence-electron chi connectivity index (χ0n) is 15.3. The summed E-state index contributed by atoms with van der Waals surface area (Å²) in [6.07, 6.45) is 0. The Balaban J connectivity index is 1.52. The summed E-state index contributed by atoms with van der Waals surface area (Å²) >= 11 is 1.36. The summed E-state index contributed by atoms with van der Waals surface area (Å²) in [4.78, 5) is 26.5. The number of carbonyl (C=O) groups is 2. The second-order valence-corrected chi connectivity index (χ2v) is 7.14. The van der Waals surface area contributed by atoms with Gasteiger partial charge in [-0.15, -0.1) is 11.3 Å². The molecule has 0 aliphatic heterocycles. The highest BCUT2D eigenvalue weighted by Crippen LogP contribution is 2.25. The minimum atomic E-state index is -0.473. The number of nitrogens with zero attached hydrogens (tertiary/aromatic N) is 1. The zero-order chi connectivity index (χ0) is 19.2.